The van der Waals surface area contributed by atoms with Gasteiger partial charge in [-0.25, -0.2) is 0 Å². The van der Waals surface area contributed by atoms with Crippen molar-refractivity contribution in [2.24, 2.45) is 4.99 Å². The lowest BCUT2D eigenvalue weighted by atomic mass is 9.71. The van der Waals surface area contributed by atoms with E-state index in [-0.39, 0.29) is 11.5 Å². The van der Waals surface area contributed by atoms with Gasteiger partial charge in [0, 0.05) is 10.0 Å². The Morgan fingerprint density at radius 1 is 0.895 bits per heavy atom. The van der Waals surface area contributed by atoms with Gasteiger partial charge in [0.05, 0.1) is 11.7 Å². The molecule has 0 saturated heterocycles. The zero-order valence-corrected chi connectivity index (χ0v) is 25.0. The molecule has 1 aliphatic heterocycles. The molecule has 0 N–H and O–H groups in total. The Morgan fingerprint density at radius 3 is 1.89 bits per heavy atom. The van der Waals surface area contributed by atoms with Crippen LogP contribution in [0.5, 0.6) is 5.75 Å². The van der Waals surface area contributed by atoms with Crippen LogP contribution in [-0.4, -0.2) is 22.2 Å². The number of aliphatic imine (C=N–C) groups is 1. The third-order valence-electron chi connectivity index (χ3n) is 7.38. The van der Waals surface area contributed by atoms with Gasteiger partial charge in [-0.05, 0) is 97.8 Å². The van der Waals surface area contributed by atoms with Crippen molar-refractivity contribution in [3.63, 3.8) is 0 Å². The van der Waals surface area contributed by atoms with Gasteiger partial charge in [-0.1, -0.05) is 74.3 Å². The second kappa shape index (κ2) is 10.2. The molecule has 0 fully saturated rings. The minimum Gasteiger partial charge on any atom is -0.490 e. The molecule has 0 saturated carbocycles. The number of nitrogens with zero attached hydrogens (tertiary/aromatic N) is 2. The zero-order chi connectivity index (χ0) is 28.0. The van der Waals surface area contributed by atoms with Gasteiger partial charge in [0.1, 0.15) is 22.7 Å². The van der Waals surface area contributed by atoms with Crippen molar-refractivity contribution < 1.29 is 9.53 Å². The summed E-state index contributed by atoms with van der Waals surface area (Å²) in [5.41, 5.74) is 1.50. The van der Waals surface area contributed by atoms with Gasteiger partial charge in [-0.3, -0.25) is 14.7 Å². The maximum atomic E-state index is 13.3. The average molecular weight is 572 g/mol. The highest BCUT2D eigenvalue weighted by Crippen LogP contribution is 2.54. The second-order valence-electron chi connectivity index (χ2n) is 11.3. The van der Waals surface area contributed by atoms with Crippen molar-refractivity contribution in [2.45, 2.75) is 71.1 Å². The minimum absolute atomic E-state index is 0.0866. The average Bonchev–Trinajstić information content (AvgIpc) is 3.07. The van der Waals surface area contributed by atoms with E-state index in [2.05, 4.69) is 26.8 Å². The van der Waals surface area contributed by atoms with Crippen molar-refractivity contribution in [3.8, 4) is 5.75 Å². The Bertz CT molecular complexity index is 1380. The van der Waals surface area contributed by atoms with Crippen molar-refractivity contribution in [2.75, 3.05) is 0 Å². The topological polar surface area (TPSA) is 41.9 Å². The van der Waals surface area contributed by atoms with Crippen LogP contribution in [0.4, 0.5) is 4.79 Å². The number of carbonyl (C=O) groups is 1. The smallest absolute Gasteiger partial charge is 0.322 e. The van der Waals surface area contributed by atoms with E-state index in [4.69, 9.17) is 44.5 Å². The fraction of sp³-hybridized carbons (Fsp3) is 0.355. The number of hydrogen-bond acceptors (Lipinski definition) is 3. The Kier molecular flexibility index (Phi) is 7.66. The van der Waals surface area contributed by atoms with Crippen LogP contribution in [0.1, 0.15) is 70.7 Å². The third kappa shape index (κ3) is 4.95. The first-order chi connectivity index (χ1) is 17.7. The normalized spacial score (nSPS) is 21.6. The number of carbonyl (C=O) groups excluding carboxylic acids is 1. The lowest BCUT2D eigenvalue weighted by molar-refractivity contribution is 0.149. The number of rotatable bonds is 5. The number of benzene rings is 3. The van der Waals surface area contributed by atoms with Crippen LogP contribution in [0, 0.1) is 0 Å². The molecular formula is C31H33Cl3N2O2. The Labute approximate surface area is 240 Å². The van der Waals surface area contributed by atoms with Crippen LogP contribution >= 0.6 is 34.8 Å². The lowest BCUT2D eigenvalue weighted by Crippen LogP contribution is -2.53. The van der Waals surface area contributed by atoms with Gasteiger partial charge < -0.3 is 4.74 Å². The number of hydrogen-bond donors (Lipinski definition) is 0. The van der Waals surface area contributed by atoms with Crippen molar-refractivity contribution in [1.82, 2.24) is 4.90 Å². The quantitative estimate of drug-likeness (QED) is 0.226. The molecule has 38 heavy (non-hydrogen) atoms. The lowest BCUT2D eigenvalue weighted by Gasteiger charge is -2.44. The van der Waals surface area contributed by atoms with Crippen LogP contribution in [0.3, 0.4) is 0 Å². The summed E-state index contributed by atoms with van der Waals surface area (Å²) in [6.07, 6.45) is -0.0866. The minimum atomic E-state index is -1.00. The molecule has 200 valence electrons. The molecular weight excluding hydrogens is 539 g/mol. The SMILES string of the molecule is CC(C)Oc1cc(C(C)(C)C)ccc1C1=NC(C)(c2ccc(Cl)cc2)C(C)(c2ccc(Cl)cc2)N1C(=O)Cl. The molecule has 4 nitrogen and oxygen atoms in total. The summed E-state index contributed by atoms with van der Waals surface area (Å²) < 4.78 is 6.30. The van der Waals surface area contributed by atoms with Crippen LogP contribution in [-0.2, 0) is 16.5 Å². The molecule has 0 aromatic heterocycles. The molecule has 2 atom stereocenters. The summed E-state index contributed by atoms with van der Waals surface area (Å²) in [4.78, 5) is 20.2. The molecule has 0 aliphatic carbocycles. The van der Waals surface area contributed by atoms with E-state index >= 15 is 0 Å². The maximum Gasteiger partial charge on any atom is 0.322 e. The maximum absolute atomic E-state index is 13.3. The van der Waals surface area contributed by atoms with E-state index in [1.165, 1.54) is 0 Å². The molecule has 0 bridgehead atoms. The van der Waals surface area contributed by atoms with Gasteiger partial charge in [0.2, 0.25) is 0 Å². The Hall–Kier alpha value is -2.53. The van der Waals surface area contributed by atoms with Crippen LogP contribution in [0.15, 0.2) is 71.7 Å². The Balaban J connectivity index is 2.04. The second-order valence-corrected chi connectivity index (χ2v) is 12.5. The van der Waals surface area contributed by atoms with Crippen LogP contribution in [0.25, 0.3) is 0 Å². The first-order valence-electron chi connectivity index (χ1n) is 12.6. The van der Waals surface area contributed by atoms with E-state index in [9.17, 15) is 4.79 Å². The summed E-state index contributed by atoms with van der Waals surface area (Å²) in [6, 6.07) is 21.0. The first-order valence-corrected chi connectivity index (χ1v) is 13.7. The molecule has 4 rings (SSSR count). The molecule has 0 spiro atoms. The summed E-state index contributed by atoms with van der Waals surface area (Å²) in [7, 11) is 0. The number of ether oxygens (including phenoxy) is 1. The number of halogens is 3. The predicted molar refractivity (Wildman–Crippen MR) is 158 cm³/mol. The number of amides is 1. The fourth-order valence-corrected chi connectivity index (χ4v) is 5.57. The molecule has 1 amide bonds. The highest BCUT2D eigenvalue weighted by molar-refractivity contribution is 6.64. The van der Waals surface area contributed by atoms with Gasteiger partial charge in [-0.2, -0.15) is 0 Å². The fourth-order valence-electron chi connectivity index (χ4n) is 5.07. The van der Waals surface area contributed by atoms with Crippen molar-refractivity contribution >= 4 is 46.0 Å². The zero-order valence-electron chi connectivity index (χ0n) is 22.8. The summed E-state index contributed by atoms with van der Waals surface area (Å²) >= 11 is 18.9. The molecule has 0 radical (unpaired) electrons. The first kappa shape index (κ1) is 28.5. The van der Waals surface area contributed by atoms with Gasteiger partial charge in [0.25, 0.3) is 0 Å². The molecule has 1 aliphatic rings. The molecule has 3 aromatic carbocycles. The third-order valence-corrected chi connectivity index (χ3v) is 8.05. The molecule has 3 aromatic rings. The van der Waals surface area contributed by atoms with Crippen LogP contribution < -0.4 is 4.74 Å². The molecule has 2 unspecified atom stereocenters. The monoisotopic (exact) mass is 570 g/mol. The number of amidine groups is 1. The summed E-state index contributed by atoms with van der Waals surface area (Å²) in [5, 5.41) is 0.566. The van der Waals surface area contributed by atoms with Crippen LogP contribution in [0.2, 0.25) is 10.0 Å². The van der Waals surface area contributed by atoms with E-state index in [1.54, 1.807) is 4.90 Å². The van der Waals surface area contributed by atoms with E-state index in [1.807, 2.05) is 88.4 Å². The van der Waals surface area contributed by atoms with Gasteiger partial charge in [0.15, 0.2) is 0 Å². The standard InChI is InChI=1S/C31H33Cl3N2O2/c1-19(2)38-26-18-22(29(3,4)5)12-17-25(26)27-35-30(6,20-8-13-23(32)14-9-20)31(7,36(27)28(34)37)21-10-15-24(33)16-11-21/h8-19H,1-7H3. The predicted octanol–water partition coefficient (Wildman–Crippen LogP) is 9.33. The van der Waals surface area contributed by atoms with E-state index < -0.39 is 16.4 Å². The highest BCUT2D eigenvalue weighted by Gasteiger charge is 2.59. The van der Waals surface area contributed by atoms with Crippen molar-refractivity contribution in [3.05, 3.63) is 99.0 Å². The molecule has 1 heterocycles. The summed E-state index contributed by atoms with van der Waals surface area (Å²) in [5.74, 6) is 1.09. The summed E-state index contributed by atoms with van der Waals surface area (Å²) in [6.45, 7) is 14.4. The Morgan fingerprint density at radius 2 is 1.42 bits per heavy atom. The van der Waals surface area contributed by atoms with E-state index in [0.29, 0.717) is 27.2 Å². The van der Waals surface area contributed by atoms with Gasteiger partial charge >= 0.3 is 5.37 Å². The van der Waals surface area contributed by atoms with Gasteiger partial charge in [-0.15, -0.1) is 0 Å². The van der Waals surface area contributed by atoms with E-state index in [0.717, 1.165) is 16.7 Å². The molecule has 7 heteroatoms. The highest BCUT2D eigenvalue weighted by atomic mass is 35.5. The largest absolute Gasteiger partial charge is 0.490 e. The van der Waals surface area contributed by atoms with Crippen molar-refractivity contribution in [1.29, 1.82) is 0 Å².